The summed E-state index contributed by atoms with van der Waals surface area (Å²) in [6.07, 6.45) is 3.74. The first-order chi connectivity index (χ1) is 10.8. The Morgan fingerprint density at radius 2 is 2.05 bits per heavy atom. The lowest BCUT2D eigenvalue weighted by Crippen LogP contribution is -2.28. The molecule has 2 fully saturated rings. The Kier molecular flexibility index (Phi) is 3.58. The highest BCUT2D eigenvalue weighted by molar-refractivity contribution is 5.55. The fourth-order valence-corrected chi connectivity index (χ4v) is 3.17. The second-order valence-electron chi connectivity index (χ2n) is 6.33. The molecule has 0 radical (unpaired) electrons. The molecule has 2 aromatic rings. The van der Waals surface area contributed by atoms with Crippen LogP contribution in [-0.2, 0) is 0 Å². The number of anilines is 1. The van der Waals surface area contributed by atoms with Gasteiger partial charge in [0.25, 0.3) is 0 Å². The summed E-state index contributed by atoms with van der Waals surface area (Å²) in [6, 6.07) is 6.24. The molecule has 3 heterocycles. The number of aromatic amines is 1. The molecule has 116 valence electrons. The van der Waals surface area contributed by atoms with Crippen molar-refractivity contribution in [2.45, 2.75) is 32.1 Å². The van der Waals surface area contributed by atoms with Crippen LogP contribution in [0.2, 0.25) is 0 Å². The second kappa shape index (κ2) is 5.72. The molecule has 0 bridgehead atoms. The molecule has 1 saturated carbocycles. The van der Waals surface area contributed by atoms with Crippen LogP contribution in [0, 0.1) is 6.92 Å². The predicted octanol–water partition coefficient (Wildman–Crippen LogP) is 2.46. The van der Waals surface area contributed by atoms with Crippen molar-refractivity contribution in [3.05, 3.63) is 29.6 Å². The first-order valence-electron chi connectivity index (χ1n) is 8.31. The summed E-state index contributed by atoms with van der Waals surface area (Å²) < 4.78 is 0. The molecule has 1 saturated heterocycles. The van der Waals surface area contributed by atoms with E-state index in [0.29, 0.717) is 5.92 Å². The van der Waals surface area contributed by atoms with Gasteiger partial charge in [0.2, 0.25) is 0 Å². The molecule has 0 spiro atoms. The molecule has 0 unspecified atom stereocenters. The molecule has 4 rings (SSSR count). The van der Waals surface area contributed by atoms with E-state index in [1.165, 1.54) is 18.5 Å². The number of hydrogen-bond donors (Lipinski definition) is 2. The lowest BCUT2D eigenvalue weighted by molar-refractivity contribution is 0.724. The Labute approximate surface area is 131 Å². The maximum absolute atomic E-state index is 4.85. The van der Waals surface area contributed by atoms with E-state index >= 15 is 0 Å². The molecule has 0 amide bonds. The Morgan fingerprint density at radius 1 is 1.14 bits per heavy atom. The van der Waals surface area contributed by atoms with Gasteiger partial charge in [-0.05, 0) is 44.9 Å². The third-order valence-electron chi connectivity index (χ3n) is 4.55. The third kappa shape index (κ3) is 2.73. The van der Waals surface area contributed by atoms with Crippen molar-refractivity contribution in [1.82, 2.24) is 20.3 Å². The van der Waals surface area contributed by atoms with Crippen LogP contribution in [-0.4, -0.2) is 41.1 Å². The van der Waals surface area contributed by atoms with Crippen LogP contribution in [0.1, 0.15) is 36.6 Å². The van der Waals surface area contributed by atoms with Gasteiger partial charge < -0.3 is 15.2 Å². The van der Waals surface area contributed by atoms with Gasteiger partial charge >= 0.3 is 0 Å². The average Bonchev–Trinajstić information content (AvgIpc) is 3.34. The standard InChI is InChI=1S/C17H23N5/c1-12-16(13-6-7-13)21-17(19-12)14-4-2-5-15(20-14)22-10-3-8-18-9-11-22/h2,4-5,13,18H,3,6-11H2,1H3,(H,19,21). The molecule has 5 heteroatoms. The smallest absolute Gasteiger partial charge is 0.156 e. The highest BCUT2D eigenvalue weighted by Crippen LogP contribution is 2.41. The number of pyridine rings is 1. The number of rotatable bonds is 3. The van der Waals surface area contributed by atoms with Gasteiger partial charge in [0, 0.05) is 31.2 Å². The van der Waals surface area contributed by atoms with Gasteiger partial charge in [-0.1, -0.05) is 6.07 Å². The fraction of sp³-hybridized carbons (Fsp3) is 0.529. The molecule has 22 heavy (non-hydrogen) atoms. The quantitative estimate of drug-likeness (QED) is 0.914. The topological polar surface area (TPSA) is 56.8 Å². The minimum Gasteiger partial charge on any atom is -0.355 e. The van der Waals surface area contributed by atoms with E-state index in [1.807, 2.05) is 0 Å². The lowest BCUT2D eigenvalue weighted by atomic mass is 10.2. The summed E-state index contributed by atoms with van der Waals surface area (Å²) in [6.45, 7) is 6.29. The van der Waals surface area contributed by atoms with Gasteiger partial charge in [-0.25, -0.2) is 9.97 Å². The monoisotopic (exact) mass is 297 g/mol. The highest BCUT2D eigenvalue weighted by atomic mass is 15.2. The van der Waals surface area contributed by atoms with Crippen LogP contribution >= 0.6 is 0 Å². The van der Waals surface area contributed by atoms with Crippen LogP contribution in [0.5, 0.6) is 0 Å². The molecule has 2 N–H and O–H groups in total. The van der Waals surface area contributed by atoms with E-state index in [0.717, 1.165) is 55.6 Å². The zero-order valence-corrected chi connectivity index (χ0v) is 13.1. The van der Waals surface area contributed by atoms with Gasteiger partial charge in [-0.15, -0.1) is 0 Å². The third-order valence-corrected chi connectivity index (χ3v) is 4.55. The van der Waals surface area contributed by atoms with Gasteiger partial charge in [0.1, 0.15) is 11.5 Å². The first-order valence-corrected chi connectivity index (χ1v) is 8.31. The summed E-state index contributed by atoms with van der Waals surface area (Å²) >= 11 is 0. The first kappa shape index (κ1) is 13.8. The normalized spacial score (nSPS) is 19.2. The van der Waals surface area contributed by atoms with Crippen LogP contribution in [0.15, 0.2) is 18.2 Å². The zero-order valence-electron chi connectivity index (χ0n) is 13.1. The molecule has 2 aliphatic rings. The van der Waals surface area contributed by atoms with Crippen molar-refractivity contribution in [3.63, 3.8) is 0 Å². The van der Waals surface area contributed by atoms with E-state index in [-0.39, 0.29) is 0 Å². The maximum atomic E-state index is 4.85. The van der Waals surface area contributed by atoms with Crippen LogP contribution in [0.3, 0.4) is 0 Å². The summed E-state index contributed by atoms with van der Waals surface area (Å²) in [5.74, 6) is 2.67. The van der Waals surface area contributed by atoms with E-state index in [4.69, 9.17) is 9.97 Å². The maximum Gasteiger partial charge on any atom is 0.156 e. The van der Waals surface area contributed by atoms with E-state index in [9.17, 15) is 0 Å². The minimum atomic E-state index is 0.695. The summed E-state index contributed by atoms with van der Waals surface area (Å²) in [5, 5.41) is 3.44. The molecule has 1 aliphatic carbocycles. The van der Waals surface area contributed by atoms with Crippen molar-refractivity contribution < 1.29 is 0 Å². The lowest BCUT2D eigenvalue weighted by Gasteiger charge is -2.21. The second-order valence-corrected chi connectivity index (χ2v) is 6.33. The number of aromatic nitrogens is 3. The molecular formula is C17H23N5. The Balaban J connectivity index is 1.62. The Hall–Kier alpha value is -1.88. The fourth-order valence-electron chi connectivity index (χ4n) is 3.17. The molecular weight excluding hydrogens is 274 g/mol. The van der Waals surface area contributed by atoms with Crippen molar-refractivity contribution in [1.29, 1.82) is 0 Å². The average molecular weight is 297 g/mol. The molecule has 0 atom stereocenters. The van der Waals surface area contributed by atoms with E-state index in [1.54, 1.807) is 0 Å². The molecule has 5 nitrogen and oxygen atoms in total. The van der Waals surface area contributed by atoms with Crippen molar-refractivity contribution >= 4 is 5.82 Å². The van der Waals surface area contributed by atoms with Crippen LogP contribution in [0.4, 0.5) is 5.82 Å². The van der Waals surface area contributed by atoms with Crippen LogP contribution < -0.4 is 10.2 Å². The zero-order chi connectivity index (χ0) is 14.9. The Morgan fingerprint density at radius 3 is 2.91 bits per heavy atom. The van der Waals surface area contributed by atoms with Crippen LogP contribution in [0.25, 0.3) is 11.5 Å². The summed E-state index contributed by atoms with van der Waals surface area (Å²) in [4.78, 5) is 15.4. The number of imidazole rings is 1. The highest BCUT2D eigenvalue weighted by Gasteiger charge is 2.28. The summed E-state index contributed by atoms with van der Waals surface area (Å²) in [5.41, 5.74) is 3.38. The number of nitrogens with one attached hydrogen (secondary N) is 2. The van der Waals surface area contributed by atoms with Gasteiger partial charge in [0.15, 0.2) is 5.82 Å². The van der Waals surface area contributed by atoms with Gasteiger partial charge in [0.05, 0.1) is 5.69 Å². The van der Waals surface area contributed by atoms with Crippen molar-refractivity contribution in [3.8, 4) is 11.5 Å². The van der Waals surface area contributed by atoms with Crippen molar-refractivity contribution in [2.24, 2.45) is 0 Å². The van der Waals surface area contributed by atoms with Crippen molar-refractivity contribution in [2.75, 3.05) is 31.1 Å². The van der Waals surface area contributed by atoms with Gasteiger partial charge in [-0.2, -0.15) is 0 Å². The van der Waals surface area contributed by atoms with E-state index in [2.05, 4.69) is 40.3 Å². The predicted molar refractivity (Wildman–Crippen MR) is 88.2 cm³/mol. The molecule has 1 aliphatic heterocycles. The number of hydrogen-bond acceptors (Lipinski definition) is 4. The van der Waals surface area contributed by atoms with Gasteiger partial charge in [-0.3, -0.25) is 0 Å². The van der Waals surface area contributed by atoms with E-state index < -0.39 is 0 Å². The number of nitrogens with zero attached hydrogens (tertiary/aromatic N) is 3. The largest absolute Gasteiger partial charge is 0.355 e. The number of H-pyrrole nitrogens is 1. The number of aryl methyl sites for hydroxylation is 1. The minimum absolute atomic E-state index is 0.695. The SMILES string of the molecule is Cc1nc(-c2cccc(N3CCCNCC3)n2)[nH]c1C1CC1. The summed E-state index contributed by atoms with van der Waals surface area (Å²) in [7, 11) is 0. The Bertz CT molecular complexity index is 651. The molecule has 2 aromatic heterocycles. The molecule has 0 aromatic carbocycles.